The molecule has 0 radical (unpaired) electrons. The summed E-state index contributed by atoms with van der Waals surface area (Å²) in [7, 11) is 3.29. The molecule has 0 aromatic carbocycles. The number of rotatable bonds is 6. The first-order valence-electron chi connectivity index (χ1n) is 6.83. The smallest absolute Gasteiger partial charge is 0.350 e. The second-order valence-corrected chi connectivity index (χ2v) is 5.12. The summed E-state index contributed by atoms with van der Waals surface area (Å²) in [5.41, 5.74) is 0.480. The minimum absolute atomic E-state index is 0.153. The first-order chi connectivity index (χ1) is 10.0. The molecule has 114 valence electrons. The van der Waals surface area contributed by atoms with E-state index in [0.29, 0.717) is 25.3 Å². The Morgan fingerprint density at radius 1 is 1.48 bits per heavy atom. The minimum Gasteiger partial charge on any atom is -0.469 e. The summed E-state index contributed by atoms with van der Waals surface area (Å²) >= 11 is 0. The Kier molecular flexibility index (Phi) is 4.74. The van der Waals surface area contributed by atoms with Crippen LogP contribution in [-0.2, 0) is 16.1 Å². The van der Waals surface area contributed by atoms with Crippen molar-refractivity contribution in [3.05, 3.63) is 34.9 Å². The zero-order valence-corrected chi connectivity index (χ0v) is 12.5. The van der Waals surface area contributed by atoms with E-state index >= 15 is 0 Å². The van der Waals surface area contributed by atoms with Crippen LogP contribution in [0.3, 0.4) is 0 Å². The highest BCUT2D eigenvalue weighted by atomic mass is 16.5. The summed E-state index contributed by atoms with van der Waals surface area (Å²) in [4.78, 5) is 25.4. The van der Waals surface area contributed by atoms with Gasteiger partial charge in [0.05, 0.1) is 19.6 Å². The fraction of sp³-hybridized carbons (Fsp3) is 0.500. The van der Waals surface area contributed by atoms with Gasteiger partial charge in [0.25, 0.3) is 0 Å². The topological polar surface area (TPSA) is 68.8 Å². The highest BCUT2D eigenvalue weighted by Crippen LogP contribution is 2.01. The van der Waals surface area contributed by atoms with Crippen molar-refractivity contribution in [3.63, 3.8) is 0 Å². The standard InChI is InChI=1S/C14H20N4O3/c1-11(13(19)21-3)10-16(2)8-9-18-14(20)17-7-5-4-6-12(17)15-18/h4-7,11H,8-10H2,1-3H3. The van der Waals surface area contributed by atoms with Crippen molar-refractivity contribution in [1.82, 2.24) is 19.1 Å². The van der Waals surface area contributed by atoms with Crippen LogP contribution in [0.1, 0.15) is 6.92 Å². The van der Waals surface area contributed by atoms with Gasteiger partial charge in [0, 0.05) is 19.3 Å². The molecule has 0 aliphatic carbocycles. The van der Waals surface area contributed by atoms with E-state index in [2.05, 4.69) is 5.10 Å². The summed E-state index contributed by atoms with van der Waals surface area (Å²) in [6.45, 7) is 3.50. The third-order valence-corrected chi connectivity index (χ3v) is 3.37. The van der Waals surface area contributed by atoms with E-state index < -0.39 is 0 Å². The average molecular weight is 292 g/mol. The van der Waals surface area contributed by atoms with Gasteiger partial charge in [-0.15, -0.1) is 5.10 Å². The lowest BCUT2D eigenvalue weighted by Gasteiger charge is -2.19. The van der Waals surface area contributed by atoms with Crippen molar-refractivity contribution in [2.45, 2.75) is 13.5 Å². The molecule has 0 saturated carbocycles. The molecule has 2 aromatic rings. The molecular weight excluding hydrogens is 272 g/mol. The van der Waals surface area contributed by atoms with Crippen molar-refractivity contribution in [2.24, 2.45) is 5.92 Å². The van der Waals surface area contributed by atoms with E-state index in [1.807, 2.05) is 24.9 Å². The molecule has 2 heterocycles. The number of carbonyl (C=O) groups is 1. The maximum atomic E-state index is 12.1. The predicted molar refractivity (Wildman–Crippen MR) is 78.1 cm³/mol. The summed E-state index contributed by atoms with van der Waals surface area (Å²) in [5, 5.41) is 4.26. The number of fused-ring (bicyclic) bond motifs is 1. The molecule has 0 spiro atoms. The number of hydrogen-bond acceptors (Lipinski definition) is 5. The molecule has 0 N–H and O–H groups in total. The Hall–Kier alpha value is -2.15. The third kappa shape index (κ3) is 3.49. The predicted octanol–water partition coefficient (Wildman–Crippen LogP) is 0.237. The number of nitrogens with zero attached hydrogens (tertiary/aromatic N) is 4. The van der Waals surface area contributed by atoms with Crippen LogP contribution in [0, 0.1) is 5.92 Å². The van der Waals surface area contributed by atoms with Gasteiger partial charge in [-0.2, -0.15) is 0 Å². The van der Waals surface area contributed by atoms with Gasteiger partial charge in [-0.3, -0.25) is 9.20 Å². The van der Waals surface area contributed by atoms with Crippen LogP contribution < -0.4 is 5.69 Å². The molecular formula is C14H20N4O3. The highest BCUT2D eigenvalue weighted by Gasteiger charge is 2.15. The third-order valence-electron chi connectivity index (χ3n) is 3.37. The minimum atomic E-state index is -0.230. The fourth-order valence-electron chi connectivity index (χ4n) is 2.21. The Labute approximate surface area is 122 Å². The second-order valence-electron chi connectivity index (χ2n) is 5.12. The molecule has 0 aliphatic heterocycles. The number of hydrogen-bond donors (Lipinski definition) is 0. The second kappa shape index (κ2) is 6.53. The van der Waals surface area contributed by atoms with Crippen LogP contribution in [-0.4, -0.2) is 52.3 Å². The molecule has 0 saturated heterocycles. The fourth-order valence-corrected chi connectivity index (χ4v) is 2.21. The van der Waals surface area contributed by atoms with E-state index in [4.69, 9.17) is 4.74 Å². The molecule has 2 aromatic heterocycles. The molecule has 0 amide bonds. The molecule has 0 aliphatic rings. The van der Waals surface area contributed by atoms with Crippen molar-refractivity contribution in [1.29, 1.82) is 0 Å². The molecule has 21 heavy (non-hydrogen) atoms. The van der Waals surface area contributed by atoms with Gasteiger partial charge in [0.15, 0.2) is 5.65 Å². The van der Waals surface area contributed by atoms with E-state index in [9.17, 15) is 9.59 Å². The number of likely N-dealkylation sites (N-methyl/N-ethyl adjacent to an activating group) is 1. The first kappa shape index (κ1) is 15.2. The number of methoxy groups -OCH3 is 1. The lowest BCUT2D eigenvalue weighted by molar-refractivity contribution is -0.145. The molecule has 0 fully saturated rings. The Balaban J connectivity index is 1.97. The van der Waals surface area contributed by atoms with Crippen molar-refractivity contribution in [2.75, 3.05) is 27.2 Å². The van der Waals surface area contributed by atoms with Crippen LogP contribution >= 0.6 is 0 Å². The molecule has 0 bridgehead atoms. The number of aromatic nitrogens is 3. The van der Waals surface area contributed by atoms with Crippen molar-refractivity contribution in [3.8, 4) is 0 Å². The van der Waals surface area contributed by atoms with Crippen LogP contribution in [0.15, 0.2) is 29.2 Å². The quantitative estimate of drug-likeness (QED) is 0.713. The van der Waals surface area contributed by atoms with E-state index in [1.54, 1.807) is 18.3 Å². The Bertz CT molecular complexity index is 676. The highest BCUT2D eigenvalue weighted by molar-refractivity contribution is 5.72. The van der Waals surface area contributed by atoms with Gasteiger partial charge in [-0.05, 0) is 19.2 Å². The Morgan fingerprint density at radius 2 is 2.24 bits per heavy atom. The van der Waals surface area contributed by atoms with Gasteiger partial charge in [0.1, 0.15) is 0 Å². The summed E-state index contributed by atoms with van der Waals surface area (Å²) < 4.78 is 7.65. The Morgan fingerprint density at radius 3 is 2.90 bits per heavy atom. The maximum Gasteiger partial charge on any atom is 0.350 e. The van der Waals surface area contributed by atoms with Crippen molar-refractivity contribution >= 4 is 11.6 Å². The van der Waals surface area contributed by atoms with Gasteiger partial charge in [0.2, 0.25) is 0 Å². The SMILES string of the molecule is COC(=O)C(C)CN(C)CCn1nc2ccccn2c1=O. The normalized spacial score (nSPS) is 12.8. The summed E-state index contributed by atoms with van der Waals surface area (Å²) in [5.74, 6) is -0.426. The van der Waals surface area contributed by atoms with Crippen LogP contribution in [0.25, 0.3) is 5.65 Å². The largest absolute Gasteiger partial charge is 0.469 e. The van der Waals surface area contributed by atoms with Gasteiger partial charge in [-0.1, -0.05) is 13.0 Å². The van der Waals surface area contributed by atoms with Gasteiger partial charge < -0.3 is 9.64 Å². The lowest BCUT2D eigenvalue weighted by Crippen LogP contribution is -2.33. The van der Waals surface area contributed by atoms with E-state index in [0.717, 1.165) is 0 Å². The van der Waals surface area contributed by atoms with Crippen LogP contribution in [0.5, 0.6) is 0 Å². The number of ether oxygens (including phenoxy) is 1. The summed E-state index contributed by atoms with van der Waals surface area (Å²) in [6.07, 6.45) is 1.70. The molecule has 7 heteroatoms. The summed E-state index contributed by atoms with van der Waals surface area (Å²) in [6, 6.07) is 5.43. The van der Waals surface area contributed by atoms with Gasteiger partial charge in [-0.25, -0.2) is 9.48 Å². The van der Waals surface area contributed by atoms with E-state index in [-0.39, 0.29) is 17.6 Å². The molecule has 1 atom stereocenters. The first-order valence-corrected chi connectivity index (χ1v) is 6.83. The monoisotopic (exact) mass is 292 g/mol. The van der Waals surface area contributed by atoms with Crippen LogP contribution in [0.4, 0.5) is 0 Å². The van der Waals surface area contributed by atoms with Gasteiger partial charge >= 0.3 is 11.7 Å². The molecule has 1 unspecified atom stereocenters. The zero-order chi connectivity index (χ0) is 15.4. The van der Waals surface area contributed by atoms with E-state index in [1.165, 1.54) is 16.2 Å². The number of carbonyl (C=O) groups excluding carboxylic acids is 1. The molecule has 7 nitrogen and oxygen atoms in total. The lowest BCUT2D eigenvalue weighted by atomic mass is 10.2. The molecule has 2 rings (SSSR count). The average Bonchev–Trinajstić information content (AvgIpc) is 2.81. The van der Waals surface area contributed by atoms with Crippen molar-refractivity contribution < 1.29 is 9.53 Å². The zero-order valence-electron chi connectivity index (χ0n) is 12.5. The maximum absolute atomic E-state index is 12.1. The number of esters is 1. The van der Waals surface area contributed by atoms with Crippen LogP contribution in [0.2, 0.25) is 0 Å². The number of pyridine rings is 1.